The minimum absolute atomic E-state index is 0.165. The second-order valence-corrected chi connectivity index (χ2v) is 4.36. The molecule has 0 aliphatic heterocycles. The molecule has 0 radical (unpaired) electrons. The third-order valence-electron chi connectivity index (χ3n) is 2.93. The first-order chi connectivity index (χ1) is 8.81. The molecule has 0 aliphatic rings. The van der Waals surface area contributed by atoms with Crippen LogP contribution in [0.2, 0.25) is 0 Å². The zero-order valence-corrected chi connectivity index (χ0v) is 10.3. The standard InChI is InChI=1S/C9H9F11O/c1-3-5(10,11)6(12,9(18,19)20)7(13,14)4(2,21)8(15,16)17/h21H,3H2,1-2H3. The van der Waals surface area contributed by atoms with Gasteiger partial charge in [-0.15, -0.1) is 0 Å². The predicted octanol–water partition coefficient (Wildman–Crippen LogP) is 4.25. The summed E-state index contributed by atoms with van der Waals surface area (Å²) < 4.78 is 140. The smallest absolute Gasteiger partial charge is 0.376 e. The lowest BCUT2D eigenvalue weighted by molar-refractivity contribution is -0.424. The molecule has 2 unspecified atom stereocenters. The van der Waals surface area contributed by atoms with Crippen molar-refractivity contribution in [2.75, 3.05) is 0 Å². The molecule has 0 aromatic heterocycles. The lowest BCUT2D eigenvalue weighted by atomic mass is 9.78. The zero-order chi connectivity index (χ0) is 17.7. The van der Waals surface area contributed by atoms with Gasteiger partial charge in [-0.25, -0.2) is 13.2 Å². The summed E-state index contributed by atoms with van der Waals surface area (Å²) in [5.74, 6) is -12.8. The topological polar surface area (TPSA) is 20.2 Å². The van der Waals surface area contributed by atoms with Crippen molar-refractivity contribution in [2.24, 2.45) is 0 Å². The van der Waals surface area contributed by atoms with Gasteiger partial charge < -0.3 is 5.11 Å². The summed E-state index contributed by atoms with van der Waals surface area (Å²) in [5, 5.41) is 8.59. The lowest BCUT2D eigenvalue weighted by Gasteiger charge is -2.45. The molecule has 0 heterocycles. The molecular formula is C9H9F11O. The van der Waals surface area contributed by atoms with Gasteiger partial charge in [0.05, 0.1) is 0 Å². The Bertz CT molecular complexity index is 380. The molecule has 0 amide bonds. The van der Waals surface area contributed by atoms with Crippen molar-refractivity contribution in [3.05, 3.63) is 0 Å². The van der Waals surface area contributed by atoms with Crippen LogP contribution in [0.15, 0.2) is 0 Å². The monoisotopic (exact) mass is 342 g/mol. The SMILES string of the molecule is CCC(F)(F)C(F)(C(F)(F)F)C(F)(F)C(C)(O)C(F)(F)F. The van der Waals surface area contributed by atoms with Gasteiger partial charge in [-0.05, 0) is 6.92 Å². The molecule has 0 rings (SSSR count). The van der Waals surface area contributed by atoms with Crippen LogP contribution in [0.25, 0.3) is 0 Å². The van der Waals surface area contributed by atoms with E-state index in [0.29, 0.717) is 0 Å². The van der Waals surface area contributed by atoms with E-state index >= 15 is 0 Å². The molecule has 0 saturated carbocycles. The maximum atomic E-state index is 13.6. The van der Waals surface area contributed by atoms with Gasteiger partial charge >= 0.3 is 23.9 Å². The molecule has 0 aliphatic carbocycles. The van der Waals surface area contributed by atoms with Gasteiger partial charge in [0.15, 0.2) is 0 Å². The van der Waals surface area contributed by atoms with E-state index in [-0.39, 0.29) is 6.92 Å². The Morgan fingerprint density at radius 2 is 1.05 bits per heavy atom. The fourth-order valence-electron chi connectivity index (χ4n) is 1.37. The van der Waals surface area contributed by atoms with E-state index in [1.54, 1.807) is 0 Å². The molecule has 0 aromatic rings. The second-order valence-electron chi connectivity index (χ2n) is 4.36. The quantitative estimate of drug-likeness (QED) is 0.758. The largest absolute Gasteiger partial charge is 0.434 e. The Kier molecular flexibility index (Phi) is 4.66. The van der Waals surface area contributed by atoms with Crippen LogP contribution in [0, 0.1) is 0 Å². The Balaban J connectivity index is 6.49. The third kappa shape index (κ3) is 2.55. The van der Waals surface area contributed by atoms with Crippen LogP contribution >= 0.6 is 0 Å². The van der Waals surface area contributed by atoms with E-state index in [2.05, 4.69) is 0 Å². The summed E-state index contributed by atoms with van der Waals surface area (Å²) in [6, 6.07) is 0. The predicted molar refractivity (Wildman–Crippen MR) is 46.8 cm³/mol. The number of halogens is 11. The highest BCUT2D eigenvalue weighted by atomic mass is 19.4. The van der Waals surface area contributed by atoms with E-state index in [4.69, 9.17) is 5.11 Å². The van der Waals surface area contributed by atoms with Crippen molar-refractivity contribution in [1.29, 1.82) is 0 Å². The third-order valence-corrected chi connectivity index (χ3v) is 2.93. The molecule has 1 N–H and O–H groups in total. The van der Waals surface area contributed by atoms with Crippen molar-refractivity contribution < 1.29 is 53.4 Å². The fourth-order valence-corrected chi connectivity index (χ4v) is 1.37. The molecule has 1 nitrogen and oxygen atoms in total. The van der Waals surface area contributed by atoms with Gasteiger partial charge in [0.2, 0.25) is 5.60 Å². The first kappa shape index (κ1) is 20.2. The molecule has 0 saturated heterocycles. The highest BCUT2D eigenvalue weighted by Crippen LogP contribution is 2.60. The average Bonchev–Trinajstić information content (AvgIpc) is 2.23. The van der Waals surface area contributed by atoms with E-state index in [0.717, 1.165) is 0 Å². The maximum absolute atomic E-state index is 13.6. The van der Waals surface area contributed by atoms with Gasteiger partial charge in [-0.2, -0.15) is 35.1 Å². The van der Waals surface area contributed by atoms with E-state index in [9.17, 15) is 48.3 Å². The Morgan fingerprint density at radius 3 is 1.24 bits per heavy atom. The van der Waals surface area contributed by atoms with E-state index in [1.807, 2.05) is 0 Å². The van der Waals surface area contributed by atoms with Crippen LogP contribution in [-0.4, -0.2) is 40.6 Å². The lowest BCUT2D eigenvalue weighted by Crippen LogP contribution is -2.75. The Morgan fingerprint density at radius 1 is 0.714 bits per heavy atom. The molecule has 0 aromatic carbocycles. The highest BCUT2D eigenvalue weighted by molar-refractivity contribution is 5.16. The molecule has 0 bridgehead atoms. The normalized spacial score (nSPS) is 20.9. The van der Waals surface area contributed by atoms with Gasteiger partial charge in [0, 0.05) is 6.42 Å². The molecule has 12 heteroatoms. The molecular weight excluding hydrogens is 333 g/mol. The molecule has 128 valence electrons. The summed E-state index contributed by atoms with van der Waals surface area (Å²) in [6.07, 6.45) is -15.7. The summed E-state index contributed by atoms with van der Waals surface area (Å²) in [4.78, 5) is 0. The minimum atomic E-state index is -7.08. The Hall–Kier alpha value is -0.810. The minimum Gasteiger partial charge on any atom is -0.376 e. The van der Waals surface area contributed by atoms with E-state index in [1.165, 1.54) is 0 Å². The van der Waals surface area contributed by atoms with E-state index < -0.39 is 48.8 Å². The molecule has 0 fully saturated rings. The number of aliphatic hydroxyl groups is 1. The van der Waals surface area contributed by atoms with Crippen molar-refractivity contribution in [2.45, 2.75) is 55.7 Å². The number of hydrogen-bond donors (Lipinski definition) is 1. The second kappa shape index (κ2) is 4.85. The number of hydrogen-bond acceptors (Lipinski definition) is 1. The first-order valence-electron chi connectivity index (χ1n) is 5.11. The maximum Gasteiger partial charge on any atom is 0.434 e. The molecule has 2 atom stereocenters. The van der Waals surface area contributed by atoms with Crippen molar-refractivity contribution in [3.8, 4) is 0 Å². The number of rotatable bonds is 4. The Labute approximate surface area is 110 Å². The number of alkyl halides is 11. The van der Waals surface area contributed by atoms with Crippen molar-refractivity contribution in [1.82, 2.24) is 0 Å². The summed E-state index contributed by atoms with van der Waals surface area (Å²) >= 11 is 0. The van der Waals surface area contributed by atoms with Crippen LogP contribution < -0.4 is 0 Å². The summed E-state index contributed by atoms with van der Waals surface area (Å²) in [5.41, 5.74) is -12.6. The van der Waals surface area contributed by atoms with Crippen molar-refractivity contribution >= 4 is 0 Å². The zero-order valence-electron chi connectivity index (χ0n) is 10.3. The van der Waals surface area contributed by atoms with Crippen molar-refractivity contribution in [3.63, 3.8) is 0 Å². The average molecular weight is 342 g/mol. The first-order valence-corrected chi connectivity index (χ1v) is 5.11. The van der Waals surface area contributed by atoms with Gasteiger partial charge in [-0.3, -0.25) is 0 Å². The van der Waals surface area contributed by atoms with Crippen LogP contribution in [0.4, 0.5) is 48.3 Å². The fraction of sp³-hybridized carbons (Fsp3) is 1.00. The summed E-state index contributed by atoms with van der Waals surface area (Å²) in [6.45, 7) is -0.753. The van der Waals surface area contributed by atoms with Gasteiger partial charge in [0.25, 0.3) is 5.92 Å². The highest BCUT2D eigenvalue weighted by Gasteiger charge is 2.89. The van der Waals surface area contributed by atoms with Crippen LogP contribution in [-0.2, 0) is 0 Å². The van der Waals surface area contributed by atoms with Crippen LogP contribution in [0.1, 0.15) is 20.3 Å². The van der Waals surface area contributed by atoms with Crippen LogP contribution in [0.3, 0.4) is 0 Å². The molecule has 0 spiro atoms. The van der Waals surface area contributed by atoms with Gasteiger partial charge in [0.1, 0.15) is 0 Å². The molecule has 21 heavy (non-hydrogen) atoms. The summed E-state index contributed by atoms with van der Waals surface area (Å²) in [7, 11) is 0. The van der Waals surface area contributed by atoms with Gasteiger partial charge in [-0.1, -0.05) is 6.92 Å². The van der Waals surface area contributed by atoms with Crippen LogP contribution in [0.5, 0.6) is 0 Å².